The molecule has 0 spiro atoms. The second-order valence-electron chi connectivity index (χ2n) is 5.07. The van der Waals surface area contributed by atoms with Crippen LogP contribution in [0.1, 0.15) is 25.0 Å². The number of carbonyl (C=O) groups excluding carboxylic acids is 4. The van der Waals surface area contributed by atoms with Crippen molar-refractivity contribution in [2.24, 2.45) is 0 Å². The summed E-state index contributed by atoms with van der Waals surface area (Å²) < 4.78 is 0. The fraction of sp³-hybridized carbons (Fsp3) is 0.100. The molecule has 0 saturated carbocycles. The van der Waals surface area contributed by atoms with Crippen LogP contribution in [-0.4, -0.2) is 42.3 Å². The van der Waals surface area contributed by atoms with E-state index in [1.165, 1.54) is 26.7 Å². The minimum Gasteiger partial charge on any atom is -0.313 e. The zero-order valence-corrected chi connectivity index (χ0v) is 15.8. The Labute approximate surface area is 162 Å². The maximum atomic E-state index is 9.37. The van der Waals surface area contributed by atoms with Gasteiger partial charge in [0.05, 0.1) is 0 Å². The Morgan fingerprint density at radius 1 is 0.600 bits per heavy atom. The van der Waals surface area contributed by atoms with Crippen LogP contribution in [0.15, 0.2) is 60.7 Å². The normalized spacial score (nSPS) is 8.72. The van der Waals surface area contributed by atoms with Gasteiger partial charge in [0.1, 0.15) is 0 Å². The Kier molecular flexibility index (Phi) is 10.8. The van der Waals surface area contributed by atoms with Gasteiger partial charge in [-0.25, -0.2) is 0 Å². The van der Waals surface area contributed by atoms with Gasteiger partial charge in [0, 0.05) is 35.6 Å². The van der Waals surface area contributed by atoms with Gasteiger partial charge in [0.25, 0.3) is 0 Å². The summed E-state index contributed by atoms with van der Waals surface area (Å²) in [4.78, 5) is 36.5. The largest absolute Gasteiger partial charge is 0.313 e. The van der Waals surface area contributed by atoms with E-state index in [1.54, 1.807) is 24.3 Å². The molecule has 4 nitrogen and oxygen atoms in total. The van der Waals surface area contributed by atoms with E-state index in [9.17, 15) is 9.59 Å². The molecule has 0 bridgehead atoms. The molecule has 128 valence electrons. The number of rotatable bonds is 6. The third kappa shape index (κ3) is 9.45. The molecule has 0 aliphatic carbocycles. The van der Waals surface area contributed by atoms with Gasteiger partial charge in [-0.2, -0.15) is 0 Å². The molecular formula is C20H22O4Ti+2. The van der Waals surface area contributed by atoms with Crippen LogP contribution >= 0.6 is 0 Å². The van der Waals surface area contributed by atoms with Crippen molar-refractivity contribution in [3.63, 3.8) is 0 Å². The number of hydrogen-bond donors (Lipinski definition) is 0. The van der Waals surface area contributed by atoms with Gasteiger partial charge in [-0.05, 0) is 12.8 Å². The monoisotopic (exact) mass is 374 g/mol. The average molecular weight is 374 g/mol. The van der Waals surface area contributed by atoms with Crippen molar-refractivity contribution < 1.29 is 40.9 Å². The molecule has 5 heteroatoms. The summed E-state index contributed by atoms with van der Waals surface area (Å²) in [5.41, 5.74) is 1.40. The second-order valence-corrected chi connectivity index (χ2v) is 5.07. The fourth-order valence-corrected chi connectivity index (χ4v) is 1.78. The predicted octanol–water partition coefficient (Wildman–Crippen LogP) is 2.69. The zero-order chi connectivity index (χ0) is 17.9. The van der Waals surface area contributed by atoms with E-state index in [1.807, 2.05) is 36.4 Å². The summed E-state index contributed by atoms with van der Waals surface area (Å²) in [6.45, 7) is 3.03. The molecule has 0 radical (unpaired) electrons. The Morgan fingerprint density at radius 2 is 0.880 bits per heavy atom. The molecule has 0 amide bonds. The third-order valence-electron chi connectivity index (χ3n) is 2.83. The molecule has 4 N–H and O–H groups in total. The van der Waals surface area contributed by atoms with Crippen molar-refractivity contribution in [3.05, 3.63) is 84.6 Å². The summed E-state index contributed by atoms with van der Waals surface area (Å²) in [6, 6.07) is 18.1. The third-order valence-corrected chi connectivity index (χ3v) is 2.83. The van der Waals surface area contributed by atoms with Crippen LogP contribution in [0.3, 0.4) is 0 Å². The van der Waals surface area contributed by atoms with E-state index in [4.69, 9.17) is 9.59 Å². The van der Waals surface area contributed by atoms with Crippen molar-refractivity contribution in [3.8, 4) is 0 Å². The smallest absolute Gasteiger partial charge is 0.247 e. The first-order valence-corrected chi connectivity index (χ1v) is 7.37. The van der Waals surface area contributed by atoms with Crippen LogP contribution in [0.5, 0.6) is 0 Å². The first-order chi connectivity index (χ1) is 11.4. The van der Waals surface area contributed by atoms with Gasteiger partial charge >= 0.3 is 0 Å². The van der Waals surface area contributed by atoms with Gasteiger partial charge in [-0.15, -0.1) is 24.3 Å². The molecule has 0 saturated heterocycles. The predicted molar refractivity (Wildman–Crippen MR) is 98.8 cm³/mol. The number of hydrogen-bond acceptors (Lipinski definition) is 0. The molecule has 0 heterocycles. The zero-order valence-electron chi connectivity index (χ0n) is 14.2. The summed E-state index contributed by atoms with van der Waals surface area (Å²) in [5.74, 6) is 0.346. The summed E-state index contributed by atoms with van der Waals surface area (Å²) in [5, 5.41) is 0. The van der Waals surface area contributed by atoms with E-state index in [0.29, 0.717) is 11.1 Å². The van der Waals surface area contributed by atoms with E-state index in [0.717, 1.165) is 0 Å². The van der Waals surface area contributed by atoms with Crippen LogP contribution in [0.2, 0.25) is 0 Å². The molecular weight excluding hydrogens is 352 g/mol. The van der Waals surface area contributed by atoms with Gasteiger partial charge < -0.3 is 9.59 Å². The van der Waals surface area contributed by atoms with Gasteiger partial charge in [-0.3, -0.25) is 9.59 Å². The first kappa shape index (κ1) is 22.6. The molecule has 2 aromatic carbocycles. The molecule has 0 unspecified atom stereocenters. The van der Waals surface area contributed by atoms with Crippen LogP contribution in [0.4, 0.5) is 0 Å². The van der Waals surface area contributed by atoms with Crippen molar-refractivity contribution in [2.75, 3.05) is 0 Å². The molecule has 25 heavy (non-hydrogen) atoms. The molecule has 0 fully saturated rings. The second kappa shape index (κ2) is 12.0. The van der Waals surface area contributed by atoms with Crippen molar-refractivity contribution in [1.82, 2.24) is 0 Å². The summed E-state index contributed by atoms with van der Waals surface area (Å²) in [7, 11) is 0. The minimum absolute atomic E-state index is 0. The summed E-state index contributed by atoms with van der Waals surface area (Å²) >= 11 is 0. The first-order valence-electron chi connectivity index (χ1n) is 7.37. The fourth-order valence-electron chi connectivity index (χ4n) is 1.78. The maximum absolute atomic E-state index is 9.37. The molecule has 0 aromatic heterocycles. The molecule has 0 aliphatic rings. The van der Waals surface area contributed by atoms with Crippen LogP contribution in [0.25, 0.3) is 0 Å². The van der Waals surface area contributed by atoms with Gasteiger partial charge in [-0.1, -0.05) is 47.5 Å². The van der Waals surface area contributed by atoms with Gasteiger partial charge in [0.15, 0.2) is 0 Å². The van der Waals surface area contributed by atoms with E-state index >= 15 is 0 Å². The topological polar surface area (TPSA) is 85.6 Å². The summed E-state index contributed by atoms with van der Waals surface area (Å²) in [6.07, 6.45) is 2.63. The van der Waals surface area contributed by atoms with Crippen LogP contribution < -0.4 is 0 Å². The van der Waals surface area contributed by atoms with Crippen molar-refractivity contribution in [1.29, 1.82) is 0 Å². The Balaban J connectivity index is 0.000000443. The molecule has 2 aromatic rings. The van der Waals surface area contributed by atoms with E-state index in [2.05, 4.69) is 0 Å². The molecule has 0 aliphatic heterocycles. The van der Waals surface area contributed by atoms with Crippen molar-refractivity contribution >= 4 is 23.1 Å². The molecule has 2 rings (SSSR count). The molecule has 0 atom stereocenters. The maximum Gasteiger partial charge on any atom is 0.247 e. The Morgan fingerprint density at radius 3 is 1.12 bits per heavy atom. The van der Waals surface area contributed by atoms with Crippen LogP contribution in [0, 0.1) is 12.8 Å². The quantitative estimate of drug-likeness (QED) is 0.245. The van der Waals surface area contributed by atoms with E-state index < -0.39 is 0 Å². The Hall–Kier alpha value is -2.43. The number of benzene rings is 2. The van der Waals surface area contributed by atoms with Crippen molar-refractivity contribution in [2.45, 2.75) is 13.8 Å². The SMILES string of the molecule is CC(=[OH+])[CH-]C(=[OH+])c1ccccc1.CC(=[OH+])[CH-]C(=[OH+])c1ccccc1.[Ti]. The van der Waals surface area contributed by atoms with E-state index in [-0.39, 0.29) is 44.9 Å². The number of ketones is 4. The standard InChI is InChI=1S/2C10H9O2.Ti/c2*1-8(11)7-10(12)9-5-3-2-4-6-9;/h2*2-7H,1H3;/q2*-1;/p+4. The average Bonchev–Trinajstić information content (AvgIpc) is 2.56. The van der Waals surface area contributed by atoms with Gasteiger partial charge in [0.2, 0.25) is 23.1 Å². The van der Waals surface area contributed by atoms with Crippen LogP contribution in [-0.2, 0) is 21.7 Å². The Bertz CT molecular complexity index is 645. The minimum atomic E-state index is 0.